The van der Waals surface area contributed by atoms with Crippen molar-refractivity contribution in [2.75, 3.05) is 18.8 Å². The molecule has 3 atom stereocenters. The molecule has 11 heteroatoms. The number of nitrogens with one attached hydrogen (secondary N) is 1. The van der Waals surface area contributed by atoms with Crippen molar-refractivity contribution in [1.82, 2.24) is 15.2 Å². The second kappa shape index (κ2) is 7.17. The van der Waals surface area contributed by atoms with Crippen molar-refractivity contribution in [2.45, 2.75) is 18.6 Å². The summed E-state index contributed by atoms with van der Waals surface area (Å²) in [6.07, 6.45) is -4.13. The van der Waals surface area contributed by atoms with Gasteiger partial charge in [-0.15, -0.1) is 0 Å². The van der Waals surface area contributed by atoms with Gasteiger partial charge in [0.15, 0.2) is 5.13 Å². The van der Waals surface area contributed by atoms with E-state index in [1.165, 1.54) is 4.90 Å². The van der Waals surface area contributed by atoms with Crippen LogP contribution in [-0.2, 0) is 4.79 Å². The number of anilines is 1. The van der Waals surface area contributed by atoms with Crippen molar-refractivity contribution in [3.05, 3.63) is 35.0 Å². The number of hydrogen-bond donors (Lipinski definition) is 2. The highest BCUT2D eigenvalue weighted by Gasteiger charge is 2.54. The number of nitrogens with zero attached hydrogens (tertiary/aromatic N) is 2. The van der Waals surface area contributed by atoms with Crippen molar-refractivity contribution in [3.63, 3.8) is 0 Å². The minimum atomic E-state index is -4.96. The summed E-state index contributed by atoms with van der Waals surface area (Å²) in [5.41, 5.74) is 6.65. The van der Waals surface area contributed by atoms with Gasteiger partial charge < -0.3 is 16.0 Å². The number of halogens is 4. The number of nitrogens with two attached hydrogens (primary N) is 1. The molecule has 0 bridgehead atoms. The van der Waals surface area contributed by atoms with E-state index in [4.69, 9.17) is 17.3 Å². The molecule has 4 rings (SSSR count). The van der Waals surface area contributed by atoms with Crippen LogP contribution in [0.25, 0.3) is 10.4 Å². The number of carbonyl (C=O) groups is 2. The molecule has 1 aromatic carbocycles. The Balaban J connectivity index is 1.57. The Morgan fingerprint density at radius 1 is 1.38 bits per heavy atom. The molecule has 2 fully saturated rings. The van der Waals surface area contributed by atoms with E-state index >= 15 is 0 Å². The molecular formula is C18H16ClF3N4O2S. The molecule has 2 heterocycles. The average molecular weight is 445 g/mol. The number of thiazole rings is 1. The number of alkyl halides is 3. The fraction of sp³-hybridized carbons (Fsp3) is 0.389. The summed E-state index contributed by atoms with van der Waals surface area (Å²) in [5.74, 6) is -2.10. The molecule has 0 unspecified atom stereocenters. The van der Waals surface area contributed by atoms with Crippen LogP contribution in [0.15, 0.2) is 24.3 Å². The van der Waals surface area contributed by atoms with Crippen molar-refractivity contribution >= 4 is 39.9 Å². The number of carbonyl (C=O) groups excluding carboxylic acids is 2. The van der Waals surface area contributed by atoms with Crippen LogP contribution in [0.1, 0.15) is 16.9 Å². The summed E-state index contributed by atoms with van der Waals surface area (Å²) < 4.78 is 37.5. The molecule has 2 amide bonds. The largest absolute Gasteiger partial charge is 0.471 e. The van der Waals surface area contributed by atoms with Crippen molar-refractivity contribution in [3.8, 4) is 10.4 Å². The monoisotopic (exact) mass is 444 g/mol. The zero-order valence-electron chi connectivity index (χ0n) is 14.9. The third kappa shape index (κ3) is 3.91. The summed E-state index contributed by atoms with van der Waals surface area (Å²) in [5, 5.41) is 2.59. The number of rotatable bonds is 4. The van der Waals surface area contributed by atoms with E-state index in [-0.39, 0.29) is 29.2 Å². The fourth-order valence-corrected chi connectivity index (χ4v) is 4.82. The summed E-state index contributed by atoms with van der Waals surface area (Å²) in [4.78, 5) is 30.6. The van der Waals surface area contributed by atoms with E-state index in [2.05, 4.69) is 4.98 Å². The van der Waals surface area contributed by atoms with Gasteiger partial charge in [0.25, 0.3) is 5.91 Å². The smallest absolute Gasteiger partial charge is 0.375 e. The number of fused-ring (bicyclic) bond motifs is 1. The molecule has 6 nitrogen and oxygen atoms in total. The molecular weight excluding hydrogens is 429 g/mol. The topological polar surface area (TPSA) is 88.3 Å². The molecule has 1 saturated heterocycles. The second-order valence-corrected chi connectivity index (χ2v) is 8.60. The number of benzene rings is 1. The van der Waals surface area contributed by atoms with Crippen LogP contribution in [0.5, 0.6) is 0 Å². The number of piperidine rings is 1. The fourth-order valence-electron chi connectivity index (χ4n) is 3.81. The van der Waals surface area contributed by atoms with Crippen molar-refractivity contribution in [1.29, 1.82) is 0 Å². The Hall–Kier alpha value is -2.33. The number of likely N-dealkylation sites (tertiary alicyclic amines) is 1. The lowest BCUT2D eigenvalue weighted by Crippen LogP contribution is -2.48. The van der Waals surface area contributed by atoms with E-state index < -0.39 is 24.0 Å². The molecule has 154 valence electrons. The Bertz CT molecular complexity index is 980. The lowest BCUT2D eigenvalue weighted by atomic mass is 10.1. The zero-order chi connectivity index (χ0) is 20.9. The molecule has 3 N–H and O–H groups in total. The molecule has 2 aromatic rings. The van der Waals surface area contributed by atoms with E-state index in [9.17, 15) is 22.8 Å². The lowest BCUT2D eigenvalue weighted by Gasteiger charge is -2.27. The van der Waals surface area contributed by atoms with Crippen LogP contribution in [0.2, 0.25) is 5.02 Å². The van der Waals surface area contributed by atoms with Crippen LogP contribution in [0, 0.1) is 11.8 Å². The molecule has 0 radical (unpaired) electrons. The number of hydrogen-bond acceptors (Lipinski definition) is 5. The molecule has 0 spiro atoms. The normalized spacial score (nSPS) is 23.0. The molecule has 1 aromatic heterocycles. The van der Waals surface area contributed by atoms with E-state index in [1.54, 1.807) is 24.3 Å². The first-order valence-corrected chi connectivity index (χ1v) is 10.0. The van der Waals surface area contributed by atoms with E-state index in [0.717, 1.165) is 17.8 Å². The average Bonchev–Trinajstić information content (AvgIpc) is 3.16. The third-order valence-corrected chi connectivity index (χ3v) is 6.39. The lowest BCUT2D eigenvalue weighted by molar-refractivity contribution is -0.173. The molecule has 1 aliphatic carbocycles. The highest BCUT2D eigenvalue weighted by molar-refractivity contribution is 7.19. The van der Waals surface area contributed by atoms with Crippen molar-refractivity contribution < 1.29 is 22.8 Å². The summed E-state index contributed by atoms with van der Waals surface area (Å²) >= 11 is 7.18. The quantitative estimate of drug-likeness (QED) is 0.758. The Kier molecular flexibility index (Phi) is 4.94. The van der Waals surface area contributed by atoms with Crippen LogP contribution in [0.4, 0.5) is 18.3 Å². The van der Waals surface area contributed by atoms with Gasteiger partial charge in [0.05, 0.1) is 10.9 Å². The predicted octanol–water partition coefficient (Wildman–Crippen LogP) is 3.18. The second-order valence-electron chi connectivity index (χ2n) is 7.13. The van der Waals surface area contributed by atoms with Gasteiger partial charge in [-0.25, -0.2) is 4.98 Å². The summed E-state index contributed by atoms with van der Waals surface area (Å²) in [7, 11) is 0. The van der Waals surface area contributed by atoms with Gasteiger partial charge in [-0.1, -0.05) is 35.1 Å². The minimum absolute atomic E-state index is 0.0816. The van der Waals surface area contributed by atoms with Gasteiger partial charge in [0.1, 0.15) is 5.69 Å². The van der Waals surface area contributed by atoms with Gasteiger partial charge >= 0.3 is 12.1 Å². The maximum absolute atomic E-state index is 13.2. The maximum Gasteiger partial charge on any atom is 0.471 e. The van der Waals surface area contributed by atoms with Gasteiger partial charge in [-0.3, -0.25) is 9.59 Å². The highest BCUT2D eigenvalue weighted by Crippen LogP contribution is 2.50. The number of amides is 2. The zero-order valence-corrected chi connectivity index (χ0v) is 16.4. The standard InChI is InChI=1S/C18H16ClF3N4O2S/c19-10-3-1-2-8(4-10)14-13(25-17(23)29-14)15(27)26-7-9-5-11(9)12(26)6-24-16(28)18(20,21)22/h1-4,9,11-12H,5-7H2,(H2,23,25)(H,24,28)/t9-,11-,12-/m1/s1. The van der Waals surface area contributed by atoms with Gasteiger partial charge in [0, 0.05) is 18.1 Å². The first kappa shape index (κ1) is 20.0. The third-order valence-electron chi connectivity index (χ3n) is 5.23. The van der Waals surface area contributed by atoms with E-state index in [0.29, 0.717) is 22.0 Å². The van der Waals surface area contributed by atoms with Crippen LogP contribution < -0.4 is 11.1 Å². The van der Waals surface area contributed by atoms with Crippen LogP contribution >= 0.6 is 22.9 Å². The highest BCUT2D eigenvalue weighted by atomic mass is 35.5. The summed E-state index contributed by atoms with van der Waals surface area (Å²) in [6.45, 7) is 0.167. The van der Waals surface area contributed by atoms with Gasteiger partial charge in [-0.2, -0.15) is 13.2 Å². The first-order valence-electron chi connectivity index (χ1n) is 8.83. The Morgan fingerprint density at radius 3 is 2.83 bits per heavy atom. The number of aromatic nitrogens is 1. The summed E-state index contributed by atoms with van der Waals surface area (Å²) in [6, 6.07) is 6.40. The molecule has 1 aliphatic heterocycles. The van der Waals surface area contributed by atoms with Gasteiger partial charge in [-0.05, 0) is 36.0 Å². The Morgan fingerprint density at radius 2 is 2.14 bits per heavy atom. The molecule has 2 aliphatic rings. The molecule has 29 heavy (non-hydrogen) atoms. The van der Waals surface area contributed by atoms with Gasteiger partial charge in [0.2, 0.25) is 0 Å². The predicted molar refractivity (Wildman–Crippen MR) is 102 cm³/mol. The Labute approximate surface area is 172 Å². The minimum Gasteiger partial charge on any atom is -0.375 e. The van der Waals surface area contributed by atoms with Crippen molar-refractivity contribution in [2.24, 2.45) is 11.8 Å². The SMILES string of the molecule is Nc1nc(C(=O)N2C[C@H]3C[C@H]3[C@H]2CNC(=O)C(F)(F)F)c(-c2cccc(Cl)c2)s1. The number of nitrogen functional groups attached to an aromatic ring is 1. The maximum atomic E-state index is 13.2. The van der Waals surface area contributed by atoms with E-state index in [1.807, 2.05) is 5.32 Å². The first-order chi connectivity index (χ1) is 13.6. The molecule has 1 saturated carbocycles. The van der Waals surface area contributed by atoms with Crippen LogP contribution in [-0.4, -0.2) is 47.0 Å². The van der Waals surface area contributed by atoms with Crippen LogP contribution in [0.3, 0.4) is 0 Å².